The van der Waals surface area contributed by atoms with E-state index in [9.17, 15) is 0 Å². The minimum Gasteiger partial charge on any atom is -0.481 e. The number of pyridine rings is 1. The van der Waals surface area contributed by atoms with Crippen molar-refractivity contribution in [1.29, 1.82) is 0 Å². The van der Waals surface area contributed by atoms with Gasteiger partial charge in [0.1, 0.15) is 12.1 Å². The summed E-state index contributed by atoms with van der Waals surface area (Å²) in [6.07, 6.45) is 5.44. The zero-order valence-corrected chi connectivity index (χ0v) is 14.3. The molecule has 25 heavy (non-hydrogen) atoms. The summed E-state index contributed by atoms with van der Waals surface area (Å²) in [7, 11) is 1.62. The Morgan fingerprint density at radius 1 is 1.28 bits per heavy atom. The van der Waals surface area contributed by atoms with Gasteiger partial charge in [-0.3, -0.25) is 0 Å². The first-order chi connectivity index (χ1) is 12.3. The average Bonchev–Trinajstić information content (AvgIpc) is 3.10. The van der Waals surface area contributed by atoms with Gasteiger partial charge in [0.15, 0.2) is 0 Å². The Kier molecular flexibility index (Phi) is 4.40. The van der Waals surface area contributed by atoms with Crippen LogP contribution in [0.4, 0.5) is 5.82 Å². The largest absolute Gasteiger partial charge is 0.481 e. The number of fused-ring (bicyclic) bond motifs is 1. The van der Waals surface area contributed by atoms with E-state index in [4.69, 9.17) is 14.2 Å². The molecule has 0 unspecified atom stereocenters. The molecule has 7 heteroatoms. The second kappa shape index (κ2) is 6.84. The predicted molar refractivity (Wildman–Crippen MR) is 91.9 cm³/mol. The molecule has 0 spiro atoms. The molecule has 2 atom stereocenters. The van der Waals surface area contributed by atoms with Crippen LogP contribution in [0.3, 0.4) is 0 Å². The Morgan fingerprint density at radius 2 is 2.24 bits per heavy atom. The third-order valence-corrected chi connectivity index (χ3v) is 5.07. The van der Waals surface area contributed by atoms with E-state index in [0.717, 1.165) is 38.4 Å². The highest BCUT2D eigenvalue weighted by atomic mass is 16.5. The van der Waals surface area contributed by atoms with E-state index in [0.29, 0.717) is 18.4 Å². The predicted octanol–water partition coefficient (Wildman–Crippen LogP) is 1.94. The van der Waals surface area contributed by atoms with Gasteiger partial charge in [-0.05, 0) is 18.9 Å². The molecule has 0 saturated carbocycles. The summed E-state index contributed by atoms with van der Waals surface area (Å²) in [5, 5.41) is 0. The number of rotatable bonds is 5. The van der Waals surface area contributed by atoms with Crippen LogP contribution in [0.25, 0.3) is 0 Å². The lowest BCUT2D eigenvalue weighted by atomic mass is 9.77. The maximum absolute atomic E-state index is 6.00. The fraction of sp³-hybridized carbons (Fsp3) is 0.500. The molecule has 2 aromatic heterocycles. The summed E-state index contributed by atoms with van der Waals surface area (Å²) in [6, 6.07) is 7.58. The number of nitrogens with zero attached hydrogens (tertiary/aromatic N) is 4. The van der Waals surface area contributed by atoms with E-state index >= 15 is 0 Å². The first-order valence-electron chi connectivity index (χ1n) is 8.55. The highest BCUT2D eigenvalue weighted by molar-refractivity contribution is 5.42. The van der Waals surface area contributed by atoms with Gasteiger partial charge in [-0.15, -0.1) is 0 Å². The van der Waals surface area contributed by atoms with Crippen LogP contribution in [-0.4, -0.2) is 54.5 Å². The molecule has 0 radical (unpaired) electrons. The highest BCUT2D eigenvalue weighted by Crippen LogP contribution is 2.42. The van der Waals surface area contributed by atoms with Gasteiger partial charge in [0, 0.05) is 38.0 Å². The Morgan fingerprint density at radius 3 is 3.08 bits per heavy atom. The minimum atomic E-state index is -0.0477. The normalized spacial score (nSPS) is 25.5. The van der Waals surface area contributed by atoms with Gasteiger partial charge >= 0.3 is 0 Å². The van der Waals surface area contributed by atoms with Crippen molar-refractivity contribution in [1.82, 2.24) is 15.0 Å². The first-order valence-corrected chi connectivity index (χ1v) is 8.55. The second-order valence-electron chi connectivity index (χ2n) is 6.56. The van der Waals surface area contributed by atoms with Crippen molar-refractivity contribution < 1.29 is 14.2 Å². The molecule has 4 heterocycles. The molecular weight excluding hydrogens is 320 g/mol. The number of piperidine rings is 1. The molecule has 0 N–H and O–H groups in total. The summed E-state index contributed by atoms with van der Waals surface area (Å²) in [4.78, 5) is 15.0. The number of aromatic nitrogens is 3. The Labute approximate surface area is 147 Å². The third-order valence-electron chi connectivity index (χ3n) is 5.07. The van der Waals surface area contributed by atoms with Gasteiger partial charge in [-0.25, -0.2) is 15.0 Å². The van der Waals surface area contributed by atoms with Gasteiger partial charge in [-0.2, -0.15) is 0 Å². The van der Waals surface area contributed by atoms with Crippen LogP contribution in [-0.2, 0) is 4.74 Å². The molecule has 4 rings (SSSR count). The van der Waals surface area contributed by atoms with Gasteiger partial charge in [0.2, 0.25) is 11.8 Å². The third kappa shape index (κ3) is 3.24. The SMILES string of the molecule is COc1cc(N2CC[C@@H]3OCC[C@]3(COc3ccccn3)C2)ncn1. The standard InChI is InChI=1S/C18H22N4O3/c1-23-17-10-15(20-13-21-17)22-8-5-14-18(11-22,6-9-24-14)12-25-16-4-2-3-7-19-16/h2-4,7,10,13-14H,5-6,8-9,11-12H2,1H3/t14-,18+/m0/s1. The zero-order valence-electron chi connectivity index (χ0n) is 14.3. The highest BCUT2D eigenvalue weighted by Gasteiger charge is 2.49. The molecule has 0 amide bonds. The Bertz CT molecular complexity index is 714. The molecule has 2 aromatic rings. The lowest BCUT2D eigenvalue weighted by molar-refractivity contribution is 0.00729. The molecule has 2 aliphatic heterocycles. The first kappa shape index (κ1) is 16.1. The molecular formula is C18H22N4O3. The fourth-order valence-electron chi connectivity index (χ4n) is 3.72. The van der Waals surface area contributed by atoms with Crippen molar-refractivity contribution in [2.45, 2.75) is 18.9 Å². The van der Waals surface area contributed by atoms with Crippen molar-refractivity contribution in [2.24, 2.45) is 5.41 Å². The van der Waals surface area contributed by atoms with Crippen LogP contribution in [0.5, 0.6) is 11.8 Å². The molecule has 2 saturated heterocycles. The van der Waals surface area contributed by atoms with E-state index in [1.54, 1.807) is 19.6 Å². The van der Waals surface area contributed by atoms with E-state index < -0.39 is 0 Å². The topological polar surface area (TPSA) is 69.6 Å². The van der Waals surface area contributed by atoms with Crippen molar-refractivity contribution in [3.8, 4) is 11.8 Å². The summed E-state index contributed by atoms with van der Waals surface area (Å²) in [5.74, 6) is 2.12. The molecule has 0 bridgehead atoms. The monoisotopic (exact) mass is 342 g/mol. The maximum atomic E-state index is 6.00. The number of anilines is 1. The maximum Gasteiger partial charge on any atom is 0.218 e. The second-order valence-corrected chi connectivity index (χ2v) is 6.56. The Balaban J connectivity index is 1.52. The molecule has 0 aliphatic carbocycles. The number of hydrogen-bond donors (Lipinski definition) is 0. The van der Waals surface area contributed by atoms with Gasteiger partial charge in [0.25, 0.3) is 0 Å². The van der Waals surface area contributed by atoms with Crippen LogP contribution in [0.2, 0.25) is 0 Å². The van der Waals surface area contributed by atoms with Crippen LogP contribution >= 0.6 is 0 Å². The summed E-state index contributed by atoms with van der Waals surface area (Å²) >= 11 is 0. The van der Waals surface area contributed by atoms with Crippen molar-refractivity contribution >= 4 is 5.82 Å². The fourth-order valence-corrected chi connectivity index (χ4v) is 3.72. The molecule has 7 nitrogen and oxygen atoms in total. The average molecular weight is 342 g/mol. The molecule has 0 aromatic carbocycles. The molecule has 2 aliphatic rings. The van der Waals surface area contributed by atoms with Crippen LogP contribution in [0, 0.1) is 5.41 Å². The van der Waals surface area contributed by atoms with E-state index in [1.807, 2.05) is 24.3 Å². The summed E-state index contributed by atoms with van der Waals surface area (Å²) < 4.78 is 17.2. The Hall–Kier alpha value is -2.41. The number of ether oxygens (including phenoxy) is 3. The quantitative estimate of drug-likeness (QED) is 0.822. The van der Waals surface area contributed by atoms with Crippen molar-refractivity contribution in [3.63, 3.8) is 0 Å². The lowest BCUT2D eigenvalue weighted by Crippen LogP contribution is -2.52. The van der Waals surface area contributed by atoms with Crippen molar-refractivity contribution in [3.05, 3.63) is 36.8 Å². The van der Waals surface area contributed by atoms with E-state index in [-0.39, 0.29) is 11.5 Å². The molecule has 2 fully saturated rings. The lowest BCUT2D eigenvalue weighted by Gasteiger charge is -2.43. The summed E-state index contributed by atoms with van der Waals surface area (Å²) in [6.45, 7) is 3.10. The van der Waals surface area contributed by atoms with E-state index in [2.05, 4.69) is 19.9 Å². The zero-order chi connectivity index (χ0) is 17.1. The van der Waals surface area contributed by atoms with Gasteiger partial charge in [0.05, 0.1) is 25.2 Å². The van der Waals surface area contributed by atoms with E-state index in [1.165, 1.54) is 0 Å². The van der Waals surface area contributed by atoms with Gasteiger partial charge in [-0.1, -0.05) is 6.07 Å². The van der Waals surface area contributed by atoms with Crippen LogP contribution < -0.4 is 14.4 Å². The molecule has 132 valence electrons. The number of methoxy groups -OCH3 is 1. The van der Waals surface area contributed by atoms with Crippen LogP contribution in [0.1, 0.15) is 12.8 Å². The summed E-state index contributed by atoms with van der Waals surface area (Å²) in [5.41, 5.74) is -0.0477. The minimum absolute atomic E-state index is 0.0477. The van der Waals surface area contributed by atoms with Crippen LogP contribution in [0.15, 0.2) is 36.8 Å². The van der Waals surface area contributed by atoms with Crippen molar-refractivity contribution in [2.75, 3.05) is 38.3 Å². The smallest absolute Gasteiger partial charge is 0.218 e. The van der Waals surface area contributed by atoms with Gasteiger partial charge < -0.3 is 19.1 Å². The number of hydrogen-bond acceptors (Lipinski definition) is 7.